The number of thioether (sulfide) groups is 1. The lowest BCUT2D eigenvalue weighted by Crippen LogP contribution is -2.45. The van der Waals surface area contributed by atoms with E-state index in [1.807, 2.05) is 0 Å². The van der Waals surface area contributed by atoms with E-state index in [1.54, 1.807) is 0 Å². The first-order chi connectivity index (χ1) is 11.1. The minimum atomic E-state index is 0.435. The highest BCUT2D eigenvalue weighted by molar-refractivity contribution is 8.00. The number of nitrogens with zero attached hydrogens (tertiary/aromatic N) is 1. The summed E-state index contributed by atoms with van der Waals surface area (Å²) < 4.78 is 0. The van der Waals surface area contributed by atoms with Gasteiger partial charge in [0.25, 0.3) is 0 Å². The highest BCUT2D eigenvalue weighted by Gasteiger charge is 2.30. The van der Waals surface area contributed by atoms with Crippen LogP contribution in [0.5, 0.6) is 0 Å². The maximum absolute atomic E-state index is 2.52. The van der Waals surface area contributed by atoms with Crippen LogP contribution in [0.1, 0.15) is 43.1 Å². The minimum absolute atomic E-state index is 0.435. The van der Waals surface area contributed by atoms with Gasteiger partial charge in [0.2, 0.25) is 0 Å². The largest absolute Gasteiger partial charge is 0.301 e. The van der Waals surface area contributed by atoms with Crippen LogP contribution >= 0.6 is 11.8 Å². The van der Waals surface area contributed by atoms with Gasteiger partial charge in [-0.25, -0.2) is 0 Å². The van der Waals surface area contributed by atoms with Crippen molar-refractivity contribution < 1.29 is 0 Å². The Kier molecular flexibility index (Phi) is 5.45. The number of hydrogen-bond acceptors (Lipinski definition) is 2. The number of piperidine rings is 1. The maximum atomic E-state index is 2.52. The highest BCUT2D eigenvalue weighted by atomic mass is 32.2. The van der Waals surface area contributed by atoms with Crippen LogP contribution in [0.2, 0.25) is 0 Å². The Balaban J connectivity index is 1.82. The lowest BCUT2D eigenvalue weighted by atomic mass is 9.98. The van der Waals surface area contributed by atoms with Crippen LogP contribution in [0.4, 0.5) is 0 Å². The smallest absolute Gasteiger partial charge is 0.0549 e. The van der Waals surface area contributed by atoms with Gasteiger partial charge in [0.15, 0.2) is 0 Å². The van der Waals surface area contributed by atoms with Gasteiger partial charge >= 0.3 is 0 Å². The van der Waals surface area contributed by atoms with E-state index in [1.165, 1.54) is 24.0 Å². The SMILES string of the molecule is CC1CC(SC(c2ccccc2)c2ccccc2)CC(C)N1C. The normalized spacial score (nSPS) is 25.7. The van der Waals surface area contributed by atoms with E-state index in [0.29, 0.717) is 17.3 Å². The molecule has 0 aliphatic carbocycles. The molecule has 2 aromatic carbocycles. The number of hydrogen-bond donors (Lipinski definition) is 0. The zero-order chi connectivity index (χ0) is 16.2. The summed E-state index contributed by atoms with van der Waals surface area (Å²) in [5.74, 6) is 0. The average molecular weight is 326 g/mol. The summed E-state index contributed by atoms with van der Waals surface area (Å²) in [5.41, 5.74) is 2.84. The first-order valence-electron chi connectivity index (χ1n) is 8.62. The second kappa shape index (κ2) is 7.55. The molecule has 122 valence electrons. The van der Waals surface area contributed by atoms with E-state index in [0.717, 1.165) is 5.25 Å². The topological polar surface area (TPSA) is 3.24 Å². The fraction of sp³-hybridized carbons (Fsp3) is 0.429. The van der Waals surface area contributed by atoms with Gasteiger partial charge in [-0.15, -0.1) is 11.8 Å². The molecular formula is C21H27NS. The van der Waals surface area contributed by atoms with Gasteiger partial charge in [-0.05, 0) is 44.9 Å². The van der Waals surface area contributed by atoms with Crippen molar-refractivity contribution in [2.45, 2.75) is 49.3 Å². The standard InChI is InChI=1S/C21H27NS/c1-16-14-20(15-17(2)22(16)3)23-21(18-10-6-4-7-11-18)19-12-8-5-9-13-19/h4-13,16-17,20-21H,14-15H2,1-3H3. The van der Waals surface area contributed by atoms with E-state index >= 15 is 0 Å². The molecule has 2 atom stereocenters. The summed E-state index contributed by atoms with van der Waals surface area (Å²) >= 11 is 2.15. The second-order valence-corrected chi connectivity index (χ2v) is 8.20. The van der Waals surface area contributed by atoms with E-state index in [9.17, 15) is 0 Å². The van der Waals surface area contributed by atoms with Crippen molar-refractivity contribution >= 4 is 11.8 Å². The summed E-state index contributed by atoms with van der Waals surface area (Å²) in [6.07, 6.45) is 2.56. The predicted octanol–water partition coefficient (Wildman–Crippen LogP) is 5.38. The molecule has 0 saturated carbocycles. The van der Waals surface area contributed by atoms with Gasteiger partial charge < -0.3 is 4.90 Å². The molecule has 3 rings (SSSR count). The second-order valence-electron chi connectivity index (χ2n) is 6.79. The minimum Gasteiger partial charge on any atom is -0.301 e. The Labute approximate surface area is 145 Å². The molecule has 0 N–H and O–H groups in total. The summed E-state index contributed by atoms with van der Waals surface area (Å²) in [5, 5.41) is 1.16. The van der Waals surface area contributed by atoms with E-state index in [4.69, 9.17) is 0 Å². The molecule has 2 aromatic rings. The van der Waals surface area contributed by atoms with Crippen LogP contribution in [0.15, 0.2) is 60.7 Å². The molecule has 1 aliphatic rings. The summed E-state index contributed by atoms with van der Waals surface area (Å²) in [6, 6.07) is 23.3. The molecule has 0 bridgehead atoms. The average Bonchev–Trinajstić information content (AvgIpc) is 2.59. The van der Waals surface area contributed by atoms with Crippen molar-refractivity contribution in [3.8, 4) is 0 Å². The van der Waals surface area contributed by atoms with Gasteiger partial charge in [0.1, 0.15) is 0 Å². The third-order valence-electron chi connectivity index (χ3n) is 5.13. The van der Waals surface area contributed by atoms with Crippen LogP contribution in [0.3, 0.4) is 0 Å². The van der Waals surface area contributed by atoms with Gasteiger partial charge in [-0.2, -0.15) is 0 Å². The van der Waals surface area contributed by atoms with E-state index in [2.05, 4.69) is 98.2 Å². The Bertz CT molecular complexity index is 546. The van der Waals surface area contributed by atoms with Crippen molar-refractivity contribution in [2.24, 2.45) is 0 Å². The first-order valence-corrected chi connectivity index (χ1v) is 9.56. The Morgan fingerprint density at radius 2 is 1.26 bits per heavy atom. The van der Waals surface area contributed by atoms with Gasteiger partial charge in [-0.3, -0.25) is 0 Å². The van der Waals surface area contributed by atoms with E-state index < -0.39 is 0 Å². The Morgan fingerprint density at radius 1 is 0.826 bits per heavy atom. The van der Waals surface area contributed by atoms with E-state index in [-0.39, 0.29) is 0 Å². The first kappa shape index (κ1) is 16.6. The molecule has 0 spiro atoms. The molecule has 1 saturated heterocycles. The lowest BCUT2D eigenvalue weighted by Gasteiger charge is -2.41. The van der Waals surface area contributed by atoms with Crippen molar-refractivity contribution in [2.75, 3.05) is 7.05 Å². The third kappa shape index (κ3) is 3.99. The number of likely N-dealkylation sites (tertiary alicyclic amines) is 1. The van der Waals surface area contributed by atoms with Gasteiger partial charge in [0, 0.05) is 17.3 Å². The molecule has 1 heterocycles. The van der Waals surface area contributed by atoms with Crippen LogP contribution in [-0.2, 0) is 0 Å². The molecule has 1 nitrogen and oxygen atoms in total. The van der Waals surface area contributed by atoms with Crippen LogP contribution in [0.25, 0.3) is 0 Å². The Morgan fingerprint density at radius 3 is 1.70 bits per heavy atom. The monoisotopic (exact) mass is 325 g/mol. The molecule has 23 heavy (non-hydrogen) atoms. The molecule has 1 aliphatic heterocycles. The van der Waals surface area contributed by atoms with Crippen molar-refractivity contribution in [3.05, 3.63) is 71.8 Å². The van der Waals surface area contributed by atoms with Crippen molar-refractivity contribution in [3.63, 3.8) is 0 Å². The molecule has 2 unspecified atom stereocenters. The van der Waals surface area contributed by atoms with Crippen LogP contribution in [0, 0.1) is 0 Å². The Hall–Kier alpha value is -1.25. The maximum Gasteiger partial charge on any atom is 0.0549 e. The third-order valence-corrected chi connectivity index (χ3v) is 6.72. The molecular weight excluding hydrogens is 298 g/mol. The molecule has 0 amide bonds. The number of rotatable bonds is 4. The molecule has 0 aromatic heterocycles. The summed E-state index contributed by atoms with van der Waals surface area (Å²) in [6.45, 7) is 4.73. The van der Waals surface area contributed by atoms with Gasteiger partial charge in [-0.1, -0.05) is 60.7 Å². The quantitative estimate of drug-likeness (QED) is 0.742. The fourth-order valence-electron chi connectivity index (χ4n) is 3.53. The van der Waals surface area contributed by atoms with Crippen molar-refractivity contribution in [1.82, 2.24) is 4.90 Å². The molecule has 1 fully saturated rings. The zero-order valence-electron chi connectivity index (χ0n) is 14.4. The number of benzene rings is 2. The lowest BCUT2D eigenvalue weighted by molar-refractivity contribution is 0.142. The molecule has 2 heteroatoms. The predicted molar refractivity (Wildman–Crippen MR) is 102 cm³/mol. The summed E-state index contributed by atoms with van der Waals surface area (Å²) in [4.78, 5) is 2.52. The zero-order valence-corrected chi connectivity index (χ0v) is 15.2. The molecule has 0 radical (unpaired) electrons. The van der Waals surface area contributed by atoms with Crippen molar-refractivity contribution in [1.29, 1.82) is 0 Å². The van der Waals surface area contributed by atoms with Gasteiger partial charge in [0.05, 0.1) is 5.25 Å². The fourth-order valence-corrected chi connectivity index (χ4v) is 5.33. The summed E-state index contributed by atoms with van der Waals surface area (Å²) in [7, 11) is 2.27. The highest BCUT2D eigenvalue weighted by Crippen LogP contribution is 2.42. The van der Waals surface area contributed by atoms with Crippen LogP contribution in [-0.4, -0.2) is 29.3 Å². The van der Waals surface area contributed by atoms with Crippen LogP contribution < -0.4 is 0 Å².